The molecule has 6 heterocycles. The lowest BCUT2D eigenvalue weighted by Gasteiger charge is -2.35. The standard InChI is InChI=1S/3C20H19F2NO4/c3*1-9-15(19(24)26-2)17(18-14(23-9)8-27-20(18)25)12-4-3-5-13(22)16(12)10-6-11(21)7-10/h3*3-5,10-11,17,23H,6-8H2,1-2H3/t2*10?,11?,17-;/m10./s1. The smallest absolute Gasteiger partial charge is 0.337 e. The number of ether oxygens (including phenoxy) is 6. The third-order valence-corrected chi connectivity index (χ3v) is 16.5. The van der Waals surface area contributed by atoms with Gasteiger partial charge in [-0.3, -0.25) is 0 Å². The van der Waals surface area contributed by atoms with Crippen molar-refractivity contribution in [3.63, 3.8) is 0 Å². The Kier molecular flexibility index (Phi) is 15.6. The molecule has 6 aliphatic heterocycles. The van der Waals surface area contributed by atoms with Gasteiger partial charge in [-0.25, -0.2) is 55.1 Å². The highest BCUT2D eigenvalue weighted by Gasteiger charge is 2.48. The van der Waals surface area contributed by atoms with Gasteiger partial charge in [0.25, 0.3) is 0 Å². The molecule has 3 saturated carbocycles. The molecular weight excluding hydrogens is 1070 g/mol. The summed E-state index contributed by atoms with van der Waals surface area (Å²) in [7, 11) is 3.76. The number of alkyl halides is 3. The first-order valence-electron chi connectivity index (χ1n) is 26.4. The summed E-state index contributed by atoms with van der Waals surface area (Å²) in [6, 6.07) is 13.6. The lowest BCUT2D eigenvalue weighted by atomic mass is 9.71. The average molecular weight is 1130 g/mol. The largest absolute Gasteiger partial charge is 0.466 e. The minimum Gasteiger partial charge on any atom is -0.466 e. The molecule has 1 unspecified atom stereocenters. The molecule has 0 saturated heterocycles. The summed E-state index contributed by atoms with van der Waals surface area (Å²) in [6.45, 7) is 5.30. The number of esters is 6. The van der Waals surface area contributed by atoms with Gasteiger partial charge in [-0.2, -0.15) is 0 Å². The Morgan fingerprint density at radius 3 is 0.914 bits per heavy atom. The molecule has 0 aromatic heterocycles. The van der Waals surface area contributed by atoms with E-state index in [1.54, 1.807) is 39.0 Å². The van der Waals surface area contributed by atoms with E-state index in [4.69, 9.17) is 28.4 Å². The number of methoxy groups -OCH3 is 3. The van der Waals surface area contributed by atoms with E-state index < -0.39 is 89.5 Å². The highest BCUT2D eigenvalue weighted by molar-refractivity contribution is 6.03. The Morgan fingerprint density at radius 2 is 0.691 bits per heavy atom. The summed E-state index contributed by atoms with van der Waals surface area (Å²) in [5, 5.41) is 9.09. The molecule has 3 aromatic rings. The van der Waals surface area contributed by atoms with Crippen molar-refractivity contribution >= 4 is 35.8 Å². The van der Waals surface area contributed by atoms with Crippen LogP contribution in [0.4, 0.5) is 26.3 Å². The second-order valence-electron chi connectivity index (χ2n) is 21.2. The lowest BCUT2D eigenvalue weighted by Crippen LogP contribution is -2.32. The fourth-order valence-electron chi connectivity index (χ4n) is 12.5. The molecule has 0 amide bonds. The zero-order valence-corrected chi connectivity index (χ0v) is 44.9. The zero-order valence-electron chi connectivity index (χ0n) is 44.9. The van der Waals surface area contributed by atoms with E-state index in [0.29, 0.717) is 67.6 Å². The van der Waals surface area contributed by atoms with Gasteiger partial charge in [-0.05, 0) is 129 Å². The van der Waals surface area contributed by atoms with E-state index in [1.807, 2.05) is 0 Å². The van der Waals surface area contributed by atoms with Gasteiger partial charge in [-0.1, -0.05) is 36.4 Å². The predicted octanol–water partition coefficient (Wildman–Crippen LogP) is 8.96. The molecule has 0 bridgehead atoms. The number of dihydropyridines is 3. The Balaban J connectivity index is 0.000000136. The van der Waals surface area contributed by atoms with E-state index >= 15 is 0 Å². The van der Waals surface area contributed by atoms with E-state index in [-0.39, 0.29) is 110 Å². The Bertz CT molecular complexity index is 3050. The molecule has 0 radical (unpaired) electrons. The van der Waals surface area contributed by atoms with Crippen LogP contribution in [0.2, 0.25) is 0 Å². The number of hydrogen-bond donors (Lipinski definition) is 3. The summed E-state index contributed by atoms with van der Waals surface area (Å²) in [5.74, 6) is -8.15. The predicted molar refractivity (Wildman–Crippen MR) is 276 cm³/mol. The molecule has 3 fully saturated rings. The van der Waals surface area contributed by atoms with Crippen molar-refractivity contribution in [2.75, 3.05) is 41.2 Å². The number of carbonyl (C=O) groups excluding carboxylic acids is 6. The monoisotopic (exact) mass is 1130 g/mol. The van der Waals surface area contributed by atoms with Gasteiger partial charge in [0.2, 0.25) is 0 Å². The SMILES string of the molecule is COC(=O)C1=C(C)NC2=C(C(=O)OC2)C1c1cccc(F)c1C1CC(F)C1.COC(=O)C1=C(C)NC2=C(C(=O)OC2)[C@@H]1c1cccc(F)c1C1CC(F)C1.COC(=O)C1=C(C)NC2=C(C(=O)OC2)[C@H]1c1cccc(F)c1C1CC(F)C1. The van der Waals surface area contributed by atoms with Crippen molar-refractivity contribution < 1.29 is 83.5 Å². The Hall–Kier alpha value is -8.10. The highest BCUT2D eigenvalue weighted by Crippen LogP contribution is 2.52. The van der Waals surface area contributed by atoms with Gasteiger partial charge < -0.3 is 44.4 Å². The topological polar surface area (TPSA) is 194 Å². The van der Waals surface area contributed by atoms with Crippen LogP contribution in [-0.2, 0) is 57.2 Å². The first-order chi connectivity index (χ1) is 38.8. The van der Waals surface area contributed by atoms with Crippen LogP contribution in [0.1, 0.15) is 128 Å². The molecule has 21 heteroatoms. The van der Waals surface area contributed by atoms with Gasteiger partial charge in [0, 0.05) is 17.1 Å². The first kappa shape index (κ1) is 56.2. The van der Waals surface area contributed by atoms with Gasteiger partial charge >= 0.3 is 35.8 Å². The van der Waals surface area contributed by atoms with E-state index in [1.165, 1.54) is 57.7 Å². The van der Waals surface area contributed by atoms with Crippen LogP contribution in [0, 0.1) is 17.5 Å². The molecule has 0 spiro atoms. The van der Waals surface area contributed by atoms with E-state index in [2.05, 4.69) is 16.0 Å². The van der Waals surface area contributed by atoms with Crippen molar-refractivity contribution in [3.05, 3.63) is 173 Å². The molecule has 3 aromatic carbocycles. The maximum atomic E-state index is 14.7. The summed E-state index contributed by atoms with van der Waals surface area (Å²) in [4.78, 5) is 74.8. The van der Waals surface area contributed by atoms with Crippen LogP contribution in [0.25, 0.3) is 0 Å². The Morgan fingerprint density at radius 1 is 0.444 bits per heavy atom. The van der Waals surface area contributed by atoms with Crippen molar-refractivity contribution in [1.29, 1.82) is 0 Å². The minimum absolute atomic E-state index is 0.0666. The van der Waals surface area contributed by atoms with Crippen LogP contribution < -0.4 is 16.0 Å². The van der Waals surface area contributed by atoms with Gasteiger partial charge in [0.1, 0.15) is 55.8 Å². The number of benzene rings is 3. The number of hydrogen-bond acceptors (Lipinski definition) is 15. The summed E-state index contributed by atoms with van der Waals surface area (Å²) < 4.78 is 115. The van der Waals surface area contributed by atoms with Crippen molar-refractivity contribution in [1.82, 2.24) is 16.0 Å². The van der Waals surface area contributed by atoms with E-state index in [9.17, 15) is 55.1 Å². The number of nitrogens with one attached hydrogen (secondary N) is 3. The van der Waals surface area contributed by atoms with Crippen LogP contribution in [0.5, 0.6) is 0 Å². The second-order valence-corrected chi connectivity index (χ2v) is 21.2. The fraction of sp³-hybridized carbons (Fsp3) is 0.400. The zero-order chi connectivity index (χ0) is 57.9. The minimum atomic E-state index is -0.959. The number of allylic oxidation sites excluding steroid dienone is 3. The molecule has 3 N–H and O–H groups in total. The summed E-state index contributed by atoms with van der Waals surface area (Å²) in [5.41, 5.74) is 7.33. The summed E-state index contributed by atoms with van der Waals surface area (Å²) in [6.07, 6.45) is -1.51. The maximum Gasteiger partial charge on any atom is 0.337 e. The molecule has 12 rings (SSSR count). The number of carbonyl (C=O) groups is 6. The molecule has 3 aliphatic carbocycles. The third-order valence-electron chi connectivity index (χ3n) is 16.5. The number of halogens is 6. The van der Waals surface area contributed by atoms with Gasteiger partial charge in [0.15, 0.2) is 0 Å². The second kappa shape index (κ2) is 22.4. The molecule has 426 valence electrons. The lowest BCUT2D eigenvalue weighted by molar-refractivity contribution is -0.138. The maximum absolute atomic E-state index is 14.7. The summed E-state index contributed by atoms with van der Waals surface area (Å²) >= 11 is 0. The average Bonchev–Trinajstić information content (AvgIpc) is 4.04. The number of rotatable bonds is 9. The number of cyclic esters (lactones) is 3. The Labute approximate surface area is 461 Å². The van der Waals surface area contributed by atoms with Crippen molar-refractivity contribution in [2.24, 2.45) is 0 Å². The molecular formula is C60H57F6N3O12. The van der Waals surface area contributed by atoms with Crippen molar-refractivity contribution in [2.45, 2.75) is 113 Å². The fourth-order valence-corrected chi connectivity index (χ4v) is 12.5. The van der Waals surface area contributed by atoms with Gasteiger partial charge in [-0.15, -0.1) is 0 Å². The van der Waals surface area contributed by atoms with Crippen LogP contribution in [0.3, 0.4) is 0 Å². The molecule has 81 heavy (non-hydrogen) atoms. The quantitative estimate of drug-likeness (QED) is 0.104. The van der Waals surface area contributed by atoms with Crippen LogP contribution in [0.15, 0.2) is 122 Å². The normalized spacial score (nSPS) is 27.0. The highest BCUT2D eigenvalue weighted by atomic mass is 19.2. The molecule has 9 aliphatic rings. The van der Waals surface area contributed by atoms with Crippen LogP contribution >= 0.6 is 0 Å². The molecule has 15 nitrogen and oxygen atoms in total. The van der Waals surface area contributed by atoms with Crippen LogP contribution in [-0.4, -0.2) is 95.5 Å². The van der Waals surface area contributed by atoms with Gasteiger partial charge in [0.05, 0.1) is 89.6 Å². The molecule has 3 atom stereocenters. The van der Waals surface area contributed by atoms with Crippen molar-refractivity contribution in [3.8, 4) is 0 Å². The van der Waals surface area contributed by atoms with E-state index in [0.717, 1.165) is 0 Å². The first-order valence-corrected chi connectivity index (χ1v) is 26.4. The third kappa shape index (κ3) is 10.1.